The number of carbonyl (C=O) groups excluding carboxylic acids is 1. The van der Waals surface area contributed by atoms with Crippen LogP contribution in [-0.2, 0) is 4.74 Å². The molecule has 0 aromatic heterocycles. The Bertz CT molecular complexity index is 824. The standard InChI is InChI=1S/C22H24ClFN2O2/c23-18-6-2-1-5-17(18)19-7-3-13-26(19)22(27)25-21(20-8-4-14-28-20)15-9-11-16(24)12-10-15/h1-2,5-6,9-12,19-21H,3-4,7-8,13-14H2,(H,25,27)/t19-,20-,21-/m1/s1. The highest BCUT2D eigenvalue weighted by molar-refractivity contribution is 6.31. The summed E-state index contributed by atoms with van der Waals surface area (Å²) in [6.45, 7) is 1.37. The van der Waals surface area contributed by atoms with Crippen LogP contribution in [0.25, 0.3) is 0 Å². The number of ether oxygens (including phenoxy) is 1. The number of nitrogens with one attached hydrogen (secondary N) is 1. The van der Waals surface area contributed by atoms with Crippen molar-refractivity contribution in [2.45, 2.75) is 43.9 Å². The van der Waals surface area contributed by atoms with E-state index in [4.69, 9.17) is 16.3 Å². The maximum atomic E-state index is 13.4. The monoisotopic (exact) mass is 402 g/mol. The van der Waals surface area contributed by atoms with Crippen molar-refractivity contribution >= 4 is 17.6 Å². The van der Waals surface area contributed by atoms with Crippen molar-refractivity contribution in [3.63, 3.8) is 0 Å². The number of hydrogen-bond acceptors (Lipinski definition) is 2. The molecule has 0 saturated carbocycles. The summed E-state index contributed by atoms with van der Waals surface area (Å²) in [7, 11) is 0. The Hall–Kier alpha value is -2.11. The molecule has 2 amide bonds. The normalized spacial score (nSPS) is 23.0. The van der Waals surface area contributed by atoms with Crippen LogP contribution < -0.4 is 5.32 Å². The molecule has 0 radical (unpaired) electrons. The summed E-state index contributed by atoms with van der Waals surface area (Å²) in [6, 6.07) is 13.5. The first-order valence-electron chi connectivity index (χ1n) is 9.82. The molecule has 3 atom stereocenters. The average Bonchev–Trinajstić information content (AvgIpc) is 3.39. The summed E-state index contributed by atoms with van der Waals surface area (Å²) >= 11 is 6.38. The third-order valence-corrected chi connectivity index (χ3v) is 5.97. The zero-order valence-electron chi connectivity index (χ0n) is 15.6. The van der Waals surface area contributed by atoms with Crippen LogP contribution >= 0.6 is 11.6 Å². The van der Waals surface area contributed by atoms with Crippen molar-refractivity contribution in [3.8, 4) is 0 Å². The molecule has 6 heteroatoms. The van der Waals surface area contributed by atoms with Crippen molar-refractivity contribution < 1.29 is 13.9 Å². The van der Waals surface area contributed by atoms with Gasteiger partial charge in [0.1, 0.15) is 5.82 Å². The molecule has 148 valence electrons. The summed E-state index contributed by atoms with van der Waals surface area (Å²) in [5.41, 5.74) is 1.84. The predicted molar refractivity (Wildman–Crippen MR) is 107 cm³/mol. The molecule has 4 nitrogen and oxygen atoms in total. The van der Waals surface area contributed by atoms with Crippen LogP contribution in [0.5, 0.6) is 0 Å². The summed E-state index contributed by atoms with van der Waals surface area (Å²) < 4.78 is 19.2. The molecule has 0 unspecified atom stereocenters. The maximum Gasteiger partial charge on any atom is 0.318 e. The van der Waals surface area contributed by atoms with Crippen molar-refractivity contribution in [1.82, 2.24) is 10.2 Å². The fraction of sp³-hybridized carbons (Fsp3) is 0.409. The van der Waals surface area contributed by atoms with Crippen molar-refractivity contribution in [2.24, 2.45) is 0 Å². The van der Waals surface area contributed by atoms with Gasteiger partial charge in [0.25, 0.3) is 0 Å². The Morgan fingerprint density at radius 2 is 1.93 bits per heavy atom. The Kier molecular flexibility index (Phi) is 5.83. The predicted octanol–water partition coefficient (Wildman–Crippen LogP) is 5.25. The minimum atomic E-state index is -0.303. The molecule has 2 aliphatic rings. The summed E-state index contributed by atoms with van der Waals surface area (Å²) in [5, 5.41) is 3.83. The van der Waals surface area contributed by atoms with E-state index in [-0.39, 0.29) is 30.0 Å². The lowest BCUT2D eigenvalue weighted by Crippen LogP contribution is -2.44. The molecule has 0 bridgehead atoms. The Morgan fingerprint density at radius 3 is 2.64 bits per heavy atom. The zero-order valence-corrected chi connectivity index (χ0v) is 16.4. The number of benzene rings is 2. The van der Waals surface area contributed by atoms with Gasteiger partial charge in [-0.25, -0.2) is 9.18 Å². The highest BCUT2D eigenvalue weighted by Gasteiger charge is 2.35. The number of amides is 2. The molecule has 2 fully saturated rings. The number of hydrogen-bond donors (Lipinski definition) is 1. The minimum absolute atomic E-state index is 0.0351. The molecule has 0 spiro atoms. The molecule has 2 saturated heterocycles. The van der Waals surface area contributed by atoms with Crippen molar-refractivity contribution in [3.05, 3.63) is 70.5 Å². The number of urea groups is 1. The van der Waals surface area contributed by atoms with E-state index in [0.717, 1.165) is 36.8 Å². The van der Waals surface area contributed by atoms with E-state index in [2.05, 4.69) is 5.32 Å². The van der Waals surface area contributed by atoms with Gasteiger partial charge < -0.3 is 15.0 Å². The van der Waals surface area contributed by atoms with Crippen LogP contribution in [0.4, 0.5) is 9.18 Å². The first-order chi connectivity index (χ1) is 13.6. The van der Waals surface area contributed by atoms with Gasteiger partial charge in [-0.2, -0.15) is 0 Å². The Balaban J connectivity index is 1.55. The molecule has 0 aliphatic carbocycles. The topological polar surface area (TPSA) is 41.6 Å². The second kappa shape index (κ2) is 8.50. The lowest BCUT2D eigenvalue weighted by molar-refractivity contribution is 0.0775. The minimum Gasteiger partial charge on any atom is -0.376 e. The van der Waals surface area contributed by atoms with Gasteiger partial charge in [-0.3, -0.25) is 0 Å². The average molecular weight is 403 g/mol. The van der Waals surface area contributed by atoms with Crippen LogP contribution in [0, 0.1) is 5.82 Å². The first-order valence-corrected chi connectivity index (χ1v) is 10.2. The fourth-order valence-corrected chi connectivity index (χ4v) is 4.48. The quantitative estimate of drug-likeness (QED) is 0.759. The van der Waals surface area contributed by atoms with E-state index in [1.54, 1.807) is 12.1 Å². The smallest absolute Gasteiger partial charge is 0.318 e. The molecular weight excluding hydrogens is 379 g/mol. The third kappa shape index (κ3) is 4.01. The number of halogens is 2. The van der Waals surface area contributed by atoms with E-state index in [1.165, 1.54) is 12.1 Å². The van der Waals surface area contributed by atoms with Gasteiger partial charge >= 0.3 is 6.03 Å². The molecular formula is C22H24ClFN2O2. The van der Waals surface area contributed by atoms with Gasteiger partial charge in [0.15, 0.2) is 0 Å². The van der Waals surface area contributed by atoms with Crippen molar-refractivity contribution in [1.29, 1.82) is 0 Å². The Morgan fingerprint density at radius 1 is 1.14 bits per heavy atom. The number of likely N-dealkylation sites (tertiary alicyclic amines) is 1. The molecule has 2 heterocycles. The highest BCUT2D eigenvalue weighted by Crippen LogP contribution is 2.36. The van der Waals surface area contributed by atoms with Crippen LogP contribution in [0.3, 0.4) is 0 Å². The molecule has 2 aliphatic heterocycles. The number of rotatable bonds is 4. The van der Waals surface area contributed by atoms with E-state index < -0.39 is 0 Å². The van der Waals surface area contributed by atoms with Gasteiger partial charge in [-0.05, 0) is 55.0 Å². The molecule has 1 N–H and O–H groups in total. The van der Waals surface area contributed by atoms with Gasteiger partial charge in [0, 0.05) is 18.2 Å². The molecule has 2 aromatic carbocycles. The van der Waals surface area contributed by atoms with Gasteiger partial charge in [-0.15, -0.1) is 0 Å². The summed E-state index contributed by atoms with van der Waals surface area (Å²) in [6.07, 6.45) is 3.55. The van der Waals surface area contributed by atoms with Gasteiger partial charge in [0.2, 0.25) is 0 Å². The van der Waals surface area contributed by atoms with E-state index >= 15 is 0 Å². The lowest BCUT2D eigenvalue weighted by Gasteiger charge is -2.31. The van der Waals surface area contributed by atoms with Gasteiger partial charge in [0.05, 0.1) is 18.2 Å². The fourth-order valence-electron chi connectivity index (χ4n) is 4.22. The van der Waals surface area contributed by atoms with Crippen LogP contribution in [0.2, 0.25) is 5.02 Å². The molecule has 28 heavy (non-hydrogen) atoms. The van der Waals surface area contributed by atoms with E-state index in [9.17, 15) is 9.18 Å². The van der Waals surface area contributed by atoms with Crippen LogP contribution in [0.15, 0.2) is 48.5 Å². The van der Waals surface area contributed by atoms with Crippen LogP contribution in [-0.4, -0.2) is 30.2 Å². The third-order valence-electron chi connectivity index (χ3n) is 5.62. The van der Waals surface area contributed by atoms with E-state index in [1.807, 2.05) is 29.2 Å². The second-order valence-electron chi connectivity index (χ2n) is 7.40. The molecule has 2 aromatic rings. The summed E-state index contributed by atoms with van der Waals surface area (Å²) in [5.74, 6) is -0.292. The SMILES string of the molecule is O=C(N[C@H](c1ccc(F)cc1)[C@H]1CCCO1)N1CCC[C@@H]1c1ccccc1Cl. The lowest BCUT2D eigenvalue weighted by atomic mass is 9.99. The van der Waals surface area contributed by atoms with E-state index in [0.29, 0.717) is 18.2 Å². The zero-order chi connectivity index (χ0) is 19.5. The number of nitrogens with zero attached hydrogens (tertiary/aromatic N) is 1. The number of carbonyl (C=O) groups is 1. The van der Waals surface area contributed by atoms with Crippen LogP contribution in [0.1, 0.15) is 48.9 Å². The Labute approximate surface area is 169 Å². The molecule has 4 rings (SSSR count). The maximum absolute atomic E-state index is 13.4. The van der Waals surface area contributed by atoms with Crippen molar-refractivity contribution in [2.75, 3.05) is 13.2 Å². The first kappa shape index (κ1) is 19.2. The summed E-state index contributed by atoms with van der Waals surface area (Å²) in [4.78, 5) is 15.0. The largest absolute Gasteiger partial charge is 0.376 e. The second-order valence-corrected chi connectivity index (χ2v) is 7.81. The van der Waals surface area contributed by atoms with Gasteiger partial charge in [-0.1, -0.05) is 41.9 Å². The highest BCUT2D eigenvalue weighted by atomic mass is 35.5.